The third-order valence-corrected chi connectivity index (χ3v) is 5.71. The van der Waals surface area contributed by atoms with Crippen LogP contribution in [0.15, 0.2) is 52.4 Å². The molecular formula is C23H15Cl2N3O3. The molecule has 2 aliphatic rings. The minimum atomic E-state index is -0.556. The lowest BCUT2D eigenvalue weighted by atomic mass is 9.89. The van der Waals surface area contributed by atoms with Crippen molar-refractivity contribution in [3.63, 3.8) is 0 Å². The number of hydrogen-bond acceptors (Lipinski definition) is 5. The monoisotopic (exact) mass is 451 g/mol. The summed E-state index contributed by atoms with van der Waals surface area (Å²) in [7, 11) is 0. The van der Waals surface area contributed by atoms with E-state index in [1.807, 2.05) is 50.4 Å². The lowest BCUT2D eigenvalue weighted by Crippen LogP contribution is -2.23. The van der Waals surface area contributed by atoms with E-state index >= 15 is 0 Å². The minimum Gasteiger partial charge on any atom is -0.453 e. The summed E-state index contributed by atoms with van der Waals surface area (Å²) < 4.78 is 6.14. The van der Waals surface area contributed by atoms with Crippen LogP contribution < -0.4 is 15.3 Å². The normalized spacial score (nSPS) is 14.7. The van der Waals surface area contributed by atoms with Gasteiger partial charge in [-0.15, -0.1) is 0 Å². The Morgan fingerprint density at radius 1 is 1.10 bits per heavy atom. The number of halogens is 2. The van der Waals surface area contributed by atoms with Crippen LogP contribution in [0.1, 0.15) is 13.8 Å². The van der Waals surface area contributed by atoms with Crippen molar-refractivity contribution < 1.29 is 9.66 Å². The first-order valence-corrected chi connectivity index (χ1v) is 10.2. The Hall–Kier alpha value is -3.22. The second kappa shape index (κ2) is 6.90. The van der Waals surface area contributed by atoms with E-state index in [1.165, 1.54) is 12.1 Å². The number of hydrogen-bond donors (Lipinski definition) is 0. The van der Waals surface area contributed by atoms with Gasteiger partial charge in [-0.2, -0.15) is 0 Å². The first-order valence-electron chi connectivity index (χ1n) is 9.48. The van der Waals surface area contributed by atoms with Crippen LogP contribution in [0, 0.1) is 15.5 Å². The molecule has 0 spiro atoms. The van der Waals surface area contributed by atoms with E-state index in [1.54, 1.807) is 0 Å². The molecule has 31 heavy (non-hydrogen) atoms. The number of rotatable bonds is 3. The average Bonchev–Trinajstić information content (AvgIpc) is 3.08. The molecule has 0 N–H and O–H groups in total. The summed E-state index contributed by atoms with van der Waals surface area (Å²) in [6, 6.07) is 12.1. The molecule has 3 aromatic rings. The molecule has 0 fully saturated rings. The maximum Gasteiger partial charge on any atom is 0.272 e. The zero-order valence-corrected chi connectivity index (χ0v) is 18.0. The Morgan fingerprint density at radius 3 is 2.52 bits per heavy atom. The third kappa shape index (κ3) is 3.28. The van der Waals surface area contributed by atoms with Crippen LogP contribution in [0.4, 0.5) is 17.1 Å². The van der Waals surface area contributed by atoms with Gasteiger partial charge in [-0.05, 0) is 6.07 Å². The molecule has 2 aliphatic heterocycles. The zero-order chi connectivity index (χ0) is 21.9. The van der Waals surface area contributed by atoms with Crippen LogP contribution >= 0.6 is 23.2 Å². The molecular weight excluding hydrogens is 437 g/mol. The first-order chi connectivity index (χ1) is 14.7. The Bertz CT molecular complexity index is 1420. The molecule has 2 heterocycles. The van der Waals surface area contributed by atoms with Gasteiger partial charge in [-0.25, -0.2) is 4.99 Å². The Labute approximate surface area is 187 Å². The molecule has 3 aromatic carbocycles. The van der Waals surface area contributed by atoms with Crippen molar-refractivity contribution in [2.24, 2.45) is 15.4 Å². The first kappa shape index (κ1) is 19.7. The molecule has 0 bridgehead atoms. The lowest BCUT2D eigenvalue weighted by molar-refractivity contribution is -0.384. The quantitative estimate of drug-likeness (QED) is 0.276. The summed E-state index contributed by atoms with van der Waals surface area (Å²) >= 11 is 12.6. The molecule has 8 heteroatoms. The number of fused-ring (bicyclic) bond motifs is 5. The van der Waals surface area contributed by atoms with E-state index in [2.05, 4.69) is 6.08 Å². The molecule has 0 amide bonds. The van der Waals surface area contributed by atoms with Gasteiger partial charge in [0.15, 0.2) is 5.75 Å². The summed E-state index contributed by atoms with van der Waals surface area (Å²) in [5.74, 6) is 0.625. The van der Waals surface area contributed by atoms with Crippen molar-refractivity contribution in [1.29, 1.82) is 0 Å². The van der Waals surface area contributed by atoms with Crippen molar-refractivity contribution in [2.45, 2.75) is 13.8 Å². The SMILES string of the molecule is CC1(C)C=Nc2c3c(cc(Oc4c(Cl)cc([N+](=O)[O-])cc4Cl)c2=C1)=Nc1ccccc1-3. The van der Waals surface area contributed by atoms with E-state index in [4.69, 9.17) is 37.9 Å². The van der Waals surface area contributed by atoms with Crippen LogP contribution in [0.3, 0.4) is 0 Å². The van der Waals surface area contributed by atoms with Crippen molar-refractivity contribution in [2.75, 3.05) is 0 Å². The molecule has 0 unspecified atom stereocenters. The average molecular weight is 452 g/mol. The Balaban J connectivity index is 1.75. The van der Waals surface area contributed by atoms with E-state index in [0.29, 0.717) is 5.75 Å². The predicted molar refractivity (Wildman–Crippen MR) is 122 cm³/mol. The van der Waals surface area contributed by atoms with E-state index in [9.17, 15) is 10.1 Å². The van der Waals surface area contributed by atoms with Gasteiger partial charge in [0, 0.05) is 46.2 Å². The summed E-state index contributed by atoms with van der Waals surface area (Å²) in [5.41, 5.74) is 3.08. The third-order valence-electron chi connectivity index (χ3n) is 5.14. The van der Waals surface area contributed by atoms with E-state index in [0.717, 1.165) is 33.1 Å². The van der Waals surface area contributed by atoms with Crippen molar-refractivity contribution in [1.82, 2.24) is 0 Å². The summed E-state index contributed by atoms with van der Waals surface area (Å²) in [6.07, 6.45) is 3.96. The summed E-state index contributed by atoms with van der Waals surface area (Å²) in [6.45, 7) is 4.08. The van der Waals surface area contributed by atoms with Gasteiger partial charge in [0.05, 0.1) is 31.7 Å². The minimum absolute atomic E-state index is 0.0484. The van der Waals surface area contributed by atoms with E-state index in [-0.39, 0.29) is 26.9 Å². The second-order valence-electron chi connectivity index (χ2n) is 7.98. The molecule has 0 aliphatic carbocycles. The number of para-hydroxylation sites is 1. The highest BCUT2D eigenvalue weighted by molar-refractivity contribution is 6.37. The topological polar surface area (TPSA) is 77.1 Å². The number of ether oxygens (including phenoxy) is 1. The van der Waals surface area contributed by atoms with Gasteiger partial charge >= 0.3 is 0 Å². The van der Waals surface area contributed by atoms with Gasteiger partial charge in [0.25, 0.3) is 5.69 Å². The predicted octanol–water partition coefficient (Wildman–Crippen LogP) is 6.15. The number of aliphatic imine (C=N–C) groups is 1. The van der Waals surface area contributed by atoms with Crippen LogP contribution in [0.25, 0.3) is 17.2 Å². The second-order valence-corrected chi connectivity index (χ2v) is 8.80. The largest absolute Gasteiger partial charge is 0.453 e. The number of nitro benzene ring substituents is 1. The van der Waals surface area contributed by atoms with Crippen LogP contribution in [-0.4, -0.2) is 11.1 Å². The molecule has 0 saturated carbocycles. The van der Waals surface area contributed by atoms with Gasteiger partial charge in [-0.3, -0.25) is 15.1 Å². The Morgan fingerprint density at radius 2 is 1.81 bits per heavy atom. The highest BCUT2D eigenvalue weighted by Crippen LogP contribution is 2.42. The van der Waals surface area contributed by atoms with Gasteiger partial charge < -0.3 is 4.74 Å². The summed E-state index contributed by atoms with van der Waals surface area (Å²) in [5, 5.41) is 12.7. The maximum atomic E-state index is 11.1. The molecule has 0 radical (unpaired) electrons. The molecule has 154 valence electrons. The molecule has 0 aromatic heterocycles. The molecule has 0 atom stereocenters. The molecule has 6 nitrogen and oxygen atoms in total. The summed E-state index contributed by atoms with van der Waals surface area (Å²) in [4.78, 5) is 20.0. The Kier molecular flexibility index (Phi) is 4.39. The lowest BCUT2D eigenvalue weighted by Gasteiger charge is -2.21. The van der Waals surface area contributed by atoms with Crippen molar-refractivity contribution in [3.8, 4) is 22.6 Å². The van der Waals surface area contributed by atoms with Crippen molar-refractivity contribution >= 4 is 52.6 Å². The van der Waals surface area contributed by atoms with Crippen LogP contribution in [0.2, 0.25) is 10.0 Å². The molecule has 5 rings (SSSR count). The number of benzene rings is 3. The zero-order valence-electron chi connectivity index (χ0n) is 16.5. The number of nitrogens with zero attached hydrogens (tertiary/aromatic N) is 3. The van der Waals surface area contributed by atoms with Gasteiger partial charge in [0.1, 0.15) is 5.75 Å². The fourth-order valence-corrected chi connectivity index (χ4v) is 4.32. The highest BCUT2D eigenvalue weighted by atomic mass is 35.5. The van der Waals surface area contributed by atoms with E-state index < -0.39 is 4.92 Å². The number of nitro groups is 1. The van der Waals surface area contributed by atoms with Crippen molar-refractivity contribution in [3.05, 3.63) is 73.2 Å². The standard InChI is InChI=1S/C23H15Cl2N3O3/c1-23(2)10-14-19(31-22-15(24)7-12(28(29)30)8-16(22)25)9-18-20(21(14)26-11-23)13-5-3-4-6-17(13)27-18/h3-11H,1-2H3. The van der Waals surface area contributed by atoms with Crippen LogP contribution in [0.5, 0.6) is 11.5 Å². The fourth-order valence-electron chi connectivity index (χ4n) is 3.77. The maximum absolute atomic E-state index is 11.1. The van der Waals surface area contributed by atoms with Gasteiger partial charge in [-0.1, -0.05) is 61.3 Å². The van der Waals surface area contributed by atoms with Crippen LogP contribution in [-0.2, 0) is 0 Å². The van der Waals surface area contributed by atoms with Gasteiger partial charge in [0.2, 0.25) is 0 Å². The highest BCUT2D eigenvalue weighted by Gasteiger charge is 2.26. The molecule has 0 saturated heterocycles. The number of non-ortho nitro benzene ring substituents is 1. The fraction of sp³-hybridized carbons (Fsp3) is 0.130. The smallest absolute Gasteiger partial charge is 0.272 e.